The van der Waals surface area contributed by atoms with Crippen molar-refractivity contribution < 1.29 is 23.7 Å². The number of carbonyl (C=O) groups excluding carboxylic acids is 1. The molecule has 1 rings (SSSR count). The van der Waals surface area contributed by atoms with E-state index in [-0.39, 0.29) is 6.04 Å². The topological polar surface area (TPSA) is 66.0 Å². The van der Waals surface area contributed by atoms with Gasteiger partial charge in [0.2, 0.25) is 0 Å². The maximum Gasteiger partial charge on any atom is 0.407 e. The molecule has 0 heterocycles. The van der Waals surface area contributed by atoms with Crippen LogP contribution in [-0.2, 0) is 15.9 Å². The SMILES string of the molecule is COCC(Cc1cc(OC)ccc1OC)NC(=O)OC(C)(C)C. The van der Waals surface area contributed by atoms with Crippen LogP contribution < -0.4 is 14.8 Å². The lowest BCUT2D eigenvalue weighted by Gasteiger charge is -2.24. The van der Waals surface area contributed by atoms with Gasteiger partial charge in [-0.1, -0.05) is 0 Å². The van der Waals surface area contributed by atoms with Gasteiger partial charge in [0.25, 0.3) is 0 Å². The number of hydrogen-bond donors (Lipinski definition) is 1. The second-order valence-corrected chi connectivity index (χ2v) is 6.18. The highest BCUT2D eigenvalue weighted by Gasteiger charge is 2.21. The lowest BCUT2D eigenvalue weighted by atomic mass is 10.0. The lowest BCUT2D eigenvalue weighted by Crippen LogP contribution is -2.42. The third-order valence-corrected chi connectivity index (χ3v) is 3.04. The van der Waals surface area contributed by atoms with E-state index in [4.69, 9.17) is 18.9 Å². The van der Waals surface area contributed by atoms with Crippen LogP contribution in [0.2, 0.25) is 0 Å². The summed E-state index contributed by atoms with van der Waals surface area (Å²) in [6.07, 6.45) is 0.0643. The molecule has 1 aromatic carbocycles. The Labute approximate surface area is 138 Å². The zero-order chi connectivity index (χ0) is 17.5. The molecule has 0 aliphatic heterocycles. The highest BCUT2D eigenvalue weighted by molar-refractivity contribution is 5.68. The summed E-state index contributed by atoms with van der Waals surface area (Å²) < 4.78 is 21.1. The number of amides is 1. The summed E-state index contributed by atoms with van der Waals surface area (Å²) in [6.45, 7) is 5.83. The van der Waals surface area contributed by atoms with Gasteiger partial charge in [-0.25, -0.2) is 4.79 Å². The zero-order valence-corrected chi connectivity index (χ0v) is 14.8. The van der Waals surface area contributed by atoms with Crippen molar-refractivity contribution in [3.63, 3.8) is 0 Å². The molecule has 0 radical (unpaired) electrons. The molecular weight excluding hydrogens is 298 g/mol. The summed E-state index contributed by atoms with van der Waals surface area (Å²) >= 11 is 0. The van der Waals surface area contributed by atoms with Gasteiger partial charge in [0, 0.05) is 7.11 Å². The molecule has 6 nitrogen and oxygen atoms in total. The van der Waals surface area contributed by atoms with Gasteiger partial charge in [0.15, 0.2) is 0 Å². The Morgan fingerprint density at radius 3 is 2.39 bits per heavy atom. The molecule has 1 N–H and O–H groups in total. The number of carbonyl (C=O) groups is 1. The predicted octanol–water partition coefficient (Wildman–Crippen LogP) is 2.79. The highest BCUT2D eigenvalue weighted by Crippen LogP contribution is 2.25. The molecular formula is C17H27NO5. The largest absolute Gasteiger partial charge is 0.497 e. The van der Waals surface area contributed by atoms with Gasteiger partial charge in [-0.15, -0.1) is 0 Å². The first-order chi connectivity index (χ1) is 10.8. The second-order valence-electron chi connectivity index (χ2n) is 6.18. The Hall–Kier alpha value is -1.95. The van der Waals surface area contributed by atoms with Crippen molar-refractivity contribution in [3.05, 3.63) is 23.8 Å². The molecule has 1 unspecified atom stereocenters. The van der Waals surface area contributed by atoms with E-state index in [9.17, 15) is 4.79 Å². The Morgan fingerprint density at radius 1 is 1.17 bits per heavy atom. The second kappa shape index (κ2) is 8.62. The normalized spacial score (nSPS) is 12.4. The van der Waals surface area contributed by atoms with Crippen LogP contribution in [0.25, 0.3) is 0 Å². The van der Waals surface area contributed by atoms with Gasteiger partial charge in [-0.05, 0) is 51.0 Å². The van der Waals surface area contributed by atoms with Crippen molar-refractivity contribution >= 4 is 6.09 Å². The van der Waals surface area contributed by atoms with Crippen LogP contribution in [0.1, 0.15) is 26.3 Å². The van der Waals surface area contributed by atoms with Crippen LogP contribution in [0.15, 0.2) is 18.2 Å². The van der Waals surface area contributed by atoms with Crippen LogP contribution in [0.4, 0.5) is 4.79 Å². The van der Waals surface area contributed by atoms with Gasteiger partial charge in [0.1, 0.15) is 17.1 Å². The molecule has 0 aliphatic rings. The lowest BCUT2D eigenvalue weighted by molar-refractivity contribution is 0.0469. The van der Waals surface area contributed by atoms with E-state index in [2.05, 4.69) is 5.32 Å². The highest BCUT2D eigenvalue weighted by atomic mass is 16.6. The smallest absolute Gasteiger partial charge is 0.407 e. The maximum atomic E-state index is 12.0. The molecule has 0 saturated heterocycles. The third-order valence-electron chi connectivity index (χ3n) is 3.04. The standard InChI is InChI=1S/C17H27NO5/c1-17(2,3)23-16(19)18-13(11-20-4)9-12-10-14(21-5)7-8-15(12)22-6/h7-8,10,13H,9,11H2,1-6H3,(H,18,19). The van der Waals surface area contributed by atoms with Crippen molar-refractivity contribution in [2.45, 2.75) is 38.8 Å². The molecule has 0 fully saturated rings. The molecule has 0 spiro atoms. The number of nitrogens with one attached hydrogen (secondary N) is 1. The van der Waals surface area contributed by atoms with Gasteiger partial charge in [-0.2, -0.15) is 0 Å². The number of rotatable bonds is 7. The summed E-state index contributed by atoms with van der Waals surface area (Å²) in [7, 11) is 4.81. The van der Waals surface area contributed by atoms with E-state index >= 15 is 0 Å². The fraction of sp³-hybridized carbons (Fsp3) is 0.588. The van der Waals surface area contributed by atoms with Crippen molar-refractivity contribution in [3.8, 4) is 11.5 Å². The van der Waals surface area contributed by atoms with E-state index in [1.165, 1.54) is 0 Å². The fourth-order valence-electron chi connectivity index (χ4n) is 2.13. The number of alkyl carbamates (subject to hydrolysis) is 1. The fourth-order valence-corrected chi connectivity index (χ4v) is 2.13. The summed E-state index contributed by atoms with van der Waals surface area (Å²) in [6, 6.07) is 5.31. The number of ether oxygens (including phenoxy) is 4. The Bertz CT molecular complexity index is 510. The van der Waals surface area contributed by atoms with E-state index < -0.39 is 11.7 Å². The van der Waals surface area contributed by atoms with Crippen molar-refractivity contribution in [2.24, 2.45) is 0 Å². The molecule has 0 saturated carbocycles. The van der Waals surface area contributed by atoms with E-state index in [0.717, 1.165) is 17.1 Å². The molecule has 0 aromatic heterocycles. The molecule has 1 amide bonds. The number of hydrogen-bond acceptors (Lipinski definition) is 5. The van der Waals surface area contributed by atoms with Gasteiger partial charge in [-0.3, -0.25) is 0 Å². The van der Waals surface area contributed by atoms with Crippen LogP contribution >= 0.6 is 0 Å². The van der Waals surface area contributed by atoms with Crippen LogP contribution in [0.3, 0.4) is 0 Å². The third kappa shape index (κ3) is 6.78. The molecule has 1 atom stereocenters. The van der Waals surface area contributed by atoms with E-state index in [0.29, 0.717) is 13.0 Å². The van der Waals surface area contributed by atoms with Crippen LogP contribution in [0.5, 0.6) is 11.5 Å². The summed E-state index contributed by atoms with van der Waals surface area (Å²) in [5.41, 5.74) is 0.375. The molecule has 23 heavy (non-hydrogen) atoms. The van der Waals surface area contributed by atoms with Crippen LogP contribution in [-0.4, -0.2) is 45.7 Å². The quantitative estimate of drug-likeness (QED) is 0.835. The van der Waals surface area contributed by atoms with Gasteiger partial charge >= 0.3 is 6.09 Å². The zero-order valence-electron chi connectivity index (χ0n) is 14.8. The summed E-state index contributed by atoms with van der Waals surface area (Å²) in [4.78, 5) is 12.0. The van der Waals surface area contributed by atoms with Crippen LogP contribution in [0, 0.1) is 0 Å². The first kappa shape index (κ1) is 19.1. The molecule has 0 aliphatic carbocycles. The Kier molecular flexibility index (Phi) is 7.16. The molecule has 0 bridgehead atoms. The van der Waals surface area contributed by atoms with Crippen molar-refractivity contribution in [2.75, 3.05) is 27.9 Å². The van der Waals surface area contributed by atoms with Crippen molar-refractivity contribution in [1.82, 2.24) is 5.32 Å². The van der Waals surface area contributed by atoms with E-state index in [1.807, 2.05) is 39.0 Å². The van der Waals surface area contributed by atoms with E-state index in [1.54, 1.807) is 21.3 Å². The average Bonchev–Trinajstić information content (AvgIpc) is 2.45. The summed E-state index contributed by atoms with van der Waals surface area (Å²) in [5, 5.41) is 2.83. The Morgan fingerprint density at radius 2 is 1.87 bits per heavy atom. The molecule has 6 heteroatoms. The maximum absolute atomic E-state index is 12.0. The number of methoxy groups -OCH3 is 3. The minimum atomic E-state index is -0.546. The molecule has 130 valence electrons. The van der Waals surface area contributed by atoms with Gasteiger partial charge in [0.05, 0.1) is 26.9 Å². The first-order valence-corrected chi connectivity index (χ1v) is 7.48. The van der Waals surface area contributed by atoms with Gasteiger partial charge < -0.3 is 24.3 Å². The minimum Gasteiger partial charge on any atom is -0.497 e. The first-order valence-electron chi connectivity index (χ1n) is 7.48. The summed E-state index contributed by atoms with van der Waals surface area (Å²) in [5.74, 6) is 1.46. The average molecular weight is 325 g/mol. The van der Waals surface area contributed by atoms with Crippen molar-refractivity contribution in [1.29, 1.82) is 0 Å². The Balaban J connectivity index is 2.85. The molecule has 1 aromatic rings. The number of benzene rings is 1. The monoisotopic (exact) mass is 325 g/mol. The predicted molar refractivity (Wildman–Crippen MR) is 88.3 cm³/mol. The minimum absolute atomic E-state index is 0.240.